The van der Waals surface area contributed by atoms with E-state index in [2.05, 4.69) is 41.2 Å². The lowest BCUT2D eigenvalue weighted by Gasteiger charge is -2.09. The molecule has 0 atom stereocenters. The fourth-order valence-corrected chi connectivity index (χ4v) is 3.78. The van der Waals surface area contributed by atoms with Gasteiger partial charge in [0.05, 0.1) is 22.0 Å². The molecule has 6 heteroatoms. The third kappa shape index (κ3) is 4.57. The van der Waals surface area contributed by atoms with Crippen molar-refractivity contribution < 1.29 is 14.6 Å². The largest absolute Gasteiger partial charge is 0.545 e. The van der Waals surface area contributed by atoms with Crippen LogP contribution in [0.5, 0.6) is 11.8 Å². The number of H-pyrrole nitrogens is 1. The quantitative estimate of drug-likeness (QED) is 0.406. The topological polar surface area (TPSA) is 78.0 Å². The SMILES string of the molecule is CCCCc1ccc(-c2cc3nc(Oc4ccc(C)c(C(=O)[O-])c4)[nH]c3cc2Cl)cc1. The average molecular weight is 434 g/mol. The van der Waals surface area contributed by atoms with E-state index in [4.69, 9.17) is 16.3 Å². The van der Waals surface area contributed by atoms with E-state index in [1.54, 1.807) is 19.1 Å². The number of fused-ring (bicyclic) bond motifs is 1. The smallest absolute Gasteiger partial charge is 0.300 e. The van der Waals surface area contributed by atoms with Gasteiger partial charge in [-0.25, -0.2) is 0 Å². The van der Waals surface area contributed by atoms with Crippen LogP contribution in [0.2, 0.25) is 5.02 Å². The van der Waals surface area contributed by atoms with Crippen molar-refractivity contribution in [3.63, 3.8) is 0 Å². The first kappa shape index (κ1) is 20.9. The molecular weight excluding hydrogens is 412 g/mol. The first-order valence-corrected chi connectivity index (χ1v) is 10.6. The normalized spacial score (nSPS) is 11.1. The van der Waals surface area contributed by atoms with Gasteiger partial charge in [0.2, 0.25) is 0 Å². The molecule has 0 fully saturated rings. The van der Waals surface area contributed by atoms with Crippen LogP contribution < -0.4 is 9.84 Å². The number of ether oxygens (including phenoxy) is 1. The van der Waals surface area contributed by atoms with Crippen LogP contribution >= 0.6 is 11.6 Å². The zero-order chi connectivity index (χ0) is 22.0. The first-order valence-electron chi connectivity index (χ1n) is 10.2. The number of rotatable bonds is 7. The molecule has 0 unspecified atom stereocenters. The second kappa shape index (κ2) is 8.82. The highest BCUT2D eigenvalue weighted by atomic mass is 35.5. The molecule has 3 aromatic carbocycles. The Kier molecular flexibility index (Phi) is 5.96. The number of unbranched alkanes of at least 4 members (excludes halogenated alkanes) is 1. The van der Waals surface area contributed by atoms with Gasteiger partial charge in [-0.3, -0.25) is 0 Å². The number of halogens is 1. The second-order valence-corrected chi connectivity index (χ2v) is 7.97. The fraction of sp³-hybridized carbons (Fsp3) is 0.200. The number of nitrogens with one attached hydrogen (secondary N) is 1. The molecule has 4 rings (SSSR count). The number of carboxylic acid groups (broad SMARTS) is 1. The van der Waals surface area contributed by atoms with Crippen molar-refractivity contribution in [3.05, 3.63) is 76.3 Å². The summed E-state index contributed by atoms with van der Waals surface area (Å²) in [5.41, 5.74) is 5.36. The molecular formula is C25H22ClN2O3-. The van der Waals surface area contributed by atoms with Gasteiger partial charge in [-0.2, -0.15) is 4.98 Å². The summed E-state index contributed by atoms with van der Waals surface area (Å²) in [6, 6.07) is 17.2. The van der Waals surface area contributed by atoms with E-state index in [1.165, 1.54) is 24.5 Å². The van der Waals surface area contributed by atoms with Crippen LogP contribution in [-0.4, -0.2) is 15.9 Å². The molecule has 0 saturated carbocycles. The highest BCUT2D eigenvalue weighted by Crippen LogP contribution is 2.33. The number of nitrogens with zero attached hydrogens (tertiary/aromatic N) is 1. The molecule has 1 N–H and O–H groups in total. The molecule has 1 aromatic heterocycles. The summed E-state index contributed by atoms with van der Waals surface area (Å²) in [4.78, 5) is 18.8. The Morgan fingerprint density at radius 3 is 2.61 bits per heavy atom. The predicted molar refractivity (Wildman–Crippen MR) is 121 cm³/mol. The molecule has 0 aliphatic rings. The van der Waals surface area contributed by atoms with Crippen molar-refractivity contribution in [1.82, 2.24) is 9.97 Å². The Bertz CT molecular complexity index is 1250. The highest BCUT2D eigenvalue weighted by molar-refractivity contribution is 6.34. The van der Waals surface area contributed by atoms with Crippen molar-refractivity contribution >= 4 is 28.6 Å². The number of benzene rings is 3. The van der Waals surface area contributed by atoms with E-state index in [1.807, 2.05) is 12.1 Å². The standard InChI is InChI=1S/C25H23ClN2O3/c1-3-4-5-16-7-9-17(10-8-16)20-13-22-23(14-21(20)26)28-25(27-22)31-18-11-6-15(2)19(12-18)24(29)30/h6-14H,3-5H2,1-2H3,(H,27,28)(H,29,30)/p-1. The Balaban J connectivity index is 1.62. The molecule has 0 bridgehead atoms. The van der Waals surface area contributed by atoms with E-state index in [0.29, 0.717) is 21.9 Å². The lowest BCUT2D eigenvalue weighted by atomic mass is 10.0. The molecule has 0 amide bonds. The summed E-state index contributed by atoms with van der Waals surface area (Å²) >= 11 is 6.54. The molecule has 5 nitrogen and oxygen atoms in total. The number of carbonyl (C=O) groups is 1. The lowest BCUT2D eigenvalue weighted by molar-refractivity contribution is -0.255. The zero-order valence-corrected chi connectivity index (χ0v) is 18.1. The summed E-state index contributed by atoms with van der Waals surface area (Å²) in [6.07, 6.45) is 3.42. The number of aromatic amines is 1. The molecule has 1 heterocycles. The van der Waals surface area contributed by atoms with Crippen molar-refractivity contribution in [1.29, 1.82) is 0 Å². The molecule has 31 heavy (non-hydrogen) atoms. The van der Waals surface area contributed by atoms with Crippen LogP contribution in [0.1, 0.15) is 41.3 Å². The fourth-order valence-electron chi connectivity index (χ4n) is 3.50. The summed E-state index contributed by atoms with van der Waals surface area (Å²) in [5.74, 6) is -0.887. The Labute approximate surface area is 185 Å². The molecule has 0 radical (unpaired) electrons. The average Bonchev–Trinajstić information content (AvgIpc) is 3.14. The van der Waals surface area contributed by atoms with Gasteiger partial charge in [-0.1, -0.05) is 55.3 Å². The van der Waals surface area contributed by atoms with Gasteiger partial charge in [0.1, 0.15) is 5.75 Å². The zero-order valence-electron chi connectivity index (χ0n) is 17.4. The number of hydrogen-bond donors (Lipinski definition) is 1. The second-order valence-electron chi connectivity index (χ2n) is 7.56. The van der Waals surface area contributed by atoms with E-state index in [-0.39, 0.29) is 11.6 Å². The number of aryl methyl sites for hydroxylation is 2. The van der Waals surface area contributed by atoms with E-state index in [9.17, 15) is 9.90 Å². The van der Waals surface area contributed by atoms with Gasteiger partial charge in [-0.15, -0.1) is 0 Å². The Morgan fingerprint density at radius 1 is 1.13 bits per heavy atom. The van der Waals surface area contributed by atoms with Crippen molar-refractivity contribution in [2.75, 3.05) is 0 Å². The van der Waals surface area contributed by atoms with Gasteiger partial charge in [0.25, 0.3) is 6.01 Å². The maximum absolute atomic E-state index is 11.2. The predicted octanol–water partition coefficient (Wildman–Crippen LogP) is 5.69. The minimum Gasteiger partial charge on any atom is -0.545 e. The maximum atomic E-state index is 11.2. The molecule has 0 aliphatic carbocycles. The Morgan fingerprint density at radius 2 is 1.90 bits per heavy atom. The van der Waals surface area contributed by atoms with E-state index >= 15 is 0 Å². The molecule has 158 valence electrons. The summed E-state index contributed by atoms with van der Waals surface area (Å²) in [6.45, 7) is 3.89. The maximum Gasteiger partial charge on any atom is 0.300 e. The number of hydrogen-bond acceptors (Lipinski definition) is 4. The van der Waals surface area contributed by atoms with Gasteiger partial charge in [0.15, 0.2) is 0 Å². The summed E-state index contributed by atoms with van der Waals surface area (Å²) in [7, 11) is 0. The van der Waals surface area contributed by atoms with Crippen molar-refractivity contribution in [3.8, 4) is 22.9 Å². The van der Waals surface area contributed by atoms with Gasteiger partial charge in [-0.05, 0) is 60.7 Å². The van der Waals surface area contributed by atoms with Crippen LogP contribution in [0.15, 0.2) is 54.6 Å². The van der Waals surface area contributed by atoms with E-state index < -0.39 is 5.97 Å². The molecule has 0 aliphatic heterocycles. The number of carboxylic acids is 1. The number of carbonyl (C=O) groups excluding carboxylic acids is 1. The van der Waals surface area contributed by atoms with Gasteiger partial charge in [0, 0.05) is 11.1 Å². The minimum absolute atomic E-state index is 0.0846. The summed E-state index contributed by atoms with van der Waals surface area (Å²) in [5, 5.41) is 11.9. The highest BCUT2D eigenvalue weighted by Gasteiger charge is 2.12. The van der Waals surface area contributed by atoms with E-state index in [0.717, 1.165) is 23.1 Å². The van der Waals surface area contributed by atoms with Gasteiger partial charge >= 0.3 is 0 Å². The third-order valence-corrected chi connectivity index (χ3v) is 5.59. The summed E-state index contributed by atoms with van der Waals surface area (Å²) < 4.78 is 5.75. The van der Waals surface area contributed by atoms with Gasteiger partial charge < -0.3 is 19.6 Å². The third-order valence-electron chi connectivity index (χ3n) is 5.28. The Hall–Kier alpha value is -3.31. The van der Waals surface area contributed by atoms with Crippen LogP contribution in [0.3, 0.4) is 0 Å². The number of aromatic carboxylic acids is 1. The molecule has 0 saturated heterocycles. The van der Waals surface area contributed by atoms with Crippen LogP contribution in [0.4, 0.5) is 0 Å². The number of aromatic nitrogens is 2. The van der Waals surface area contributed by atoms with Crippen LogP contribution in [0, 0.1) is 6.92 Å². The molecule has 0 spiro atoms. The molecule has 4 aromatic rings. The number of imidazole rings is 1. The van der Waals surface area contributed by atoms with Crippen LogP contribution in [-0.2, 0) is 6.42 Å². The monoisotopic (exact) mass is 433 g/mol. The lowest BCUT2D eigenvalue weighted by Crippen LogP contribution is -2.23. The first-order chi connectivity index (χ1) is 14.9. The van der Waals surface area contributed by atoms with Crippen LogP contribution in [0.25, 0.3) is 22.2 Å². The minimum atomic E-state index is -1.25. The van der Waals surface area contributed by atoms with Crippen molar-refractivity contribution in [2.24, 2.45) is 0 Å². The van der Waals surface area contributed by atoms with Crippen molar-refractivity contribution in [2.45, 2.75) is 33.1 Å².